The normalized spacial score (nSPS) is 10.2. The summed E-state index contributed by atoms with van der Waals surface area (Å²) in [5.41, 5.74) is 3.38. The van der Waals surface area contributed by atoms with Gasteiger partial charge in [0.25, 0.3) is 0 Å². The molecule has 0 atom stereocenters. The number of amides is 1. The van der Waals surface area contributed by atoms with Gasteiger partial charge in [-0.3, -0.25) is 9.59 Å². The number of benzene rings is 2. The zero-order valence-corrected chi connectivity index (χ0v) is 15.0. The molecule has 132 valence electrons. The van der Waals surface area contributed by atoms with Gasteiger partial charge in [0.1, 0.15) is 0 Å². The Morgan fingerprint density at radius 1 is 0.880 bits per heavy atom. The molecule has 2 N–H and O–H groups in total. The van der Waals surface area contributed by atoms with Gasteiger partial charge < -0.3 is 15.5 Å². The van der Waals surface area contributed by atoms with E-state index >= 15 is 0 Å². The van der Waals surface area contributed by atoms with Crippen LogP contribution in [0.3, 0.4) is 0 Å². The molecule has 0 aliphatic carbocycles. The van der Waals surface area contributed by atoms with Crippen molar-refractivity contribution in [1.29, 1.82) is 0 Å². The van der Waals surface area contributed by atoms with Gasteiger partial charge in [-0.15, -0.1) is 0 Å². The van der Waals surface area contributed by atoms with E-state index in [-0.39, 0.29) is 18.2 Å². The smallest absolute Gasteiger partial charge is 0.243 e. The number of nitrogens with one attached hydrogen (secondary N) is 2. The monoisotopic (exact) mass is 339 g/mol. The molecule has 0 saturated heterocycles. The maximum atomic E-state index is 12.0. The van der Waals surface area contributed by atoms with E-state index in [0.717, 1.165) is 18.8 Å². The van der Waals surface area contributed by atoms with E-state index in [2.05, 4.69) is 29.4 Å². The fourth-order valence-electron chi connectivity index (χ4n) is 2.55. The lowest BCUT2D eigenvalue weighted by molar-refractivity contribution is -0.114. The van der Waals surface area contributed by atoms with Crippen molar-refractivity contribution >= 4 is 28.8 Å². The van der Waals surface area contributed by atoms with Crippen LogP contribution in [0.2, 0.25) is 0 Å². The maximum absolute atomic E-state index is 12.0. The second-order valence-electron chi connectivity index (χ2n) is 5.75. The summed E-state index contributed by atoms with van der Waals surface area (Å²) in [5, 5.41) is 5.92. The molecular weight excluding hydrogens is 314 g/mol. The van der Waals surface area contributed by atoms with Crippen molar-refractivity contribution < 1.29 is 9.59 Å². The summed E-state index contributed by atoms with van der Waals surface area (Å²) in [5.74, 6) is -0.129. The zero-order chi connectivity index (χ0) is 18.2. The summed E-state index contributed by atoms with van der Waals surface area (Å²) in [7, 11) is 0. The van der Waals surface area contributed by atoms with Crippen molar-refractivity contribution in [2.24, 2.45) is 0 Å². The first kappa shape index (κ1) is 18.5. The number of carbonyl (C=O) groups is 2. The van der Waals surface area contributed by atoms with Crippen molar-refractivity contribution in [3.8, 4) is 0 Å². The van der Waals surface area contributed by atoms with E-state index < -0.39 is 0 Å². The number of hydrogen-bond acceptors (Lipinski definition) is 4. The summed E-state index contributed by atoms with van der Waals surface area (Å²) in [6.07, 6.45) is 0. The molecule has 0 unspecified atom stereocenters. The molecule has 2 aromatic rings. The average Bonchev–Trinajstić information content (AvgIpc) is 2.62. The van der Waals surface area contributed by atoms with E-state index in [1.807, 2.05) is 24.3 Å². The summed E-state index contributed by atoms with van der Waals surface area (Å²) in [4.78, 5) is 25.5. The third-order valence-corrected chi connectivity index (χ3v) is 4.02. The van der Waals surface area contributed by atoms with Crippen LogP contribution in [0.25, 0.3) is 0 Å². The summed E-state index contributed by atoms with van der Waals surface area (Å²) in [6.45, 7) is 7.89. The topological polar surface area (TPSA) is 61.4 Å². The highest BCUT2D eigenvalue weighted by molar-refractivity contribution is 5.96. The first-order chi connectivity index (χ1) is 12.0. The van der Waals surface area contributed by atoms with Gasteiger partial charge in [0.15, 0.2) is 5.78 Å². The van der Waals surface area contributed by atoms with Crippen LogP contribution in [-0.2, 0) is 4.79 Å². The van der Waals surface area contributed by atoms with Gasteiger partial charge in [0.05, 0.1) is 6.54 Å². The summed E-state index contributed by atoms with van der Waals surface area (Å²) < 4.78 is 0. The molecule has 5 heteroatoms. The van der Waals surface area contributed by atoms with Crippen LogP contribution in [0.1, 0.15) is 31.1 Å². The Labute approximate surface area is 149 Å². The molecular formula is C20H25N3O2. The van der Waals surface area contributed by atoms with Crippen LogP contribution in [-0.4, -0.2) is 31.3 Å². The van der Waals surface area contributed by atoms with Crippen molar-refractivity contribution in [2.45, 2.75) is 20.8 Å². The Morgan fingerprint density at radius 2 is 1.44 bits per heavy atom. The highest BCUT2D eigenvalue weighted by Gasteiger charge is 2.05. The number of hydrogen-bond donors (Lipinski definition) is 2. The molecule has 0 radical (unpaired) electrons. The van der Waals surface area contributed by atoms with Crippen LogP contribution in [0.4, 0.5) is 17.1 Å². The zero-order valence-electron chi connectivity index (χ0n) is 15.0. The van der Waals surface area contributed by atoms with Gasteiger partial charge in [-0.25, -0.2) is 0 Å². The number of anilines is 3. The van der Waals surface area contributed by atoms with Gasteiger partial charge in [0.2, 0.25) is 5.91 Å². The fourth-order valence-corrected chi connectivity index (χ4v) is 2.55. The van der Waals surface area contributed by atoms with Gasteiger partial charge in [-0.2, -0.15) is 0 Å². The van der Waals surface area contributed by atoms with Gasteiger partial charge >= 0.3 is 0 Å². The molecule has 0 aromatic heterocycles. The molecule has 5 nitrogen and oxygen atoms in total. The predicted molar refractivity (Wildman–Crippen MR) is 104 cm³/mol. The molecule has 0 bridgehead atoms. The fraction of sp³-hybridized carbons (Fsp3) is 0.300. The Balaban J connectivity index is 1.86. The molecule has 2 aromatic carbocycles. The average molecular weight is 339 g/mol. The first-order valence-corrected chi connectivity index (χ1v) is 8.53. The summed E-state index contributed by atoms with van der Waals surface area (Å²) >= 11 is 0. The predicted octanol–water partition coefficient (Wildman–Crippen LogP) is 3.79. The van der Waals surface area contributed by atoms with Crippen LogP contribution in [0.5, 0.6) is 0 Å². The molecule has 0 fully saturated rings. The number of ketones is 1. The largest absolute Gasteiger partial charge is 0.376 e. The van der Waals surface area contributed by atoms with E-state index in [4.69, 9.17) is 0 Å². The maximum Gasteiger partial charge on any atom is 0.243 e. The van der Waals surface area contributed by atoms with Crippen molar-refractivity contribution in [1.82, 2.24) is 0 Å². The second kappa shape index (κ2) is 8.87. The summed E-state index contributed by atoms with van der Waals surface area (Å²) in [6, 6.07) is 14.9. The molecule has 0 saturated carbocycles. The third-order valence-electron chi connectivity index (χ3n) is 4.02. The first-order valence-electron chi connectivity index (χ1n) is 8.53. The molecule has 0 aliphatic heterocycles. The molecule has 0 spiro atoms. The Kier molecular flexibility index (Phi) is 6.57. The van der Waals surface area contributed by atoms with Gasteiger partial charge in [0, 0.05) is 35.7 Å². The Bertz CT molecular complexity index is 705. The molecule has 1 amide bonds. The van der Waals surface area contributed by atoms with Crippen LogP contribution in [0, 0.1) is 0 Å². The minimum atomic E-state index is -0.136. The minimum Gasteiger partial charge on any atom is -0.376 e. The third kappa shape index (κ3) is 5.35. The standard InChI is InChI=1S/C20H25N3O2/c1-4-23(5-2)19-12-10-17(11-13-19)21-14-20(25)22-18-8-6-16(7-9-18)15(3)24/h6-13,21H,4-5,14H2,1-3H3,(H,22,25). The molecule has 2 rings (SSSR count). The molecule has 0 aliphatic rings. The van der Waals surface area contributed by atoms with Crippen LogP contribution < -0.4 is 15.5 Å². The van der Waals surface area contributed by atoms with Gasteiger partial charge in [-0.05, 0) is 69.3 Å². The lowest BCUT2D eigenvalue weighted by atomic mass is 10.1. The SMILES string of the molecule is CCN(CC)c1ccc(NCC(=O)Nc2ccc(C(C)=O)cc2)cc1. The van der Waals surface area contributed by atoms with Crippen molar-refractivity contribution in [3.05, 3.63) is 54.1 Å². The van der Waals surface area contributed by atoms with E-state index in [1.54, 1.807) is 24.3 Å². The van der Waals surface area contributed by atoms with E-state index in [0.29, 0.717) is 11.3 Å². The van der Waals surface area contributed by atoms with Crippen molar-refractivity contribution in [3.63, 3.8) is 0 Å². The van der Waals surface area contributed by atoms with Crippen LogP contribution >= 0.6 is 0 Å². The highest BCUT2D eigenvalue weighted by atomic mass is 16.2. The lowest BCUT2D eigenvalue weighted by Crippen LogP contribution is -2.22. The lowest BCUT2D eigenvalue weighted by Gasteiger charge is -2.21. The number of nitrogens with zero attached hydrogens (tertiary/aromatic N) is 1. The Morgan fingerprint density at radius 3 is 1.96 bits per heavy atom. The van der Waals surface area contributed by atoms with Crippen LogP contribution in [0.15, 0.2) is 48.5 Å². The number of rotatable bonds is 8. The second-order valence-corrected chi connectivity index (χ2v) is 5.75. The van der Waals surface area contributed by atoms with E-state index in [1.165, 1.54) is 12.6 Å². The van der Waals surface area contributed by atoms with Crippen molar-refractivity contribution in [2.75, 3.05) is 35.2 Å². The van der Waals surface area contributed by atoms with E-state index in [9.17, 15) is 9.59 Å². The Hall–Kier alpha value is -2.82. The number of Topliss-reactive ketones (excluding diaryl/α,β-unsaturated/α-hetero) is 1. The number of carbonyl (C=O) groups excluding carboxylic acids is 2. The minimum absolute atomic E-state index is 0.00713. The molecule has 25 heavy (non-hydrogen) atoms. The quantitative estimate of drug-likeness (QED) is 0.719. The molecule has 0 heterocycles. The highest BCUT2D eigenvalue weighted by Crippen LogP contribution is 2.17. The van der Waals surface area contributed by atoms with Gasteiger partial charge in [-0.1, -0.05) is 0 Å².